The lowest BCUT2D eigenvalue weighted by Gasteiger charge is -2.35. The lowest BCUT2D eigenvalue weighted by atomic mass is 10.1. The molecule has 0 spiro atoms. The topological polar surface area (TPSA) is 68.7 Å². The van der Waals surface area contributed by atoms with Crippen LogP contribution in [0, 0.1) is 0 Å². The summed E-state index contributed by atoms with van der Waals surface area (Å²) in [6, 6.07) is 10.1. The Bertz CT molecular complexity index is 784. The molecule has 1 aliphatic rings. The van der Waals surface area contributed by atoms with Crippen molar-refractivity contribution in [3.05, 3.63) is 53.9 Å². The van der Waals surface area contributed by atoms with Crippen molar-refractivity contribution in [3.8, 4) is 0 Å². The van der Waals surface area contributed by atoms with Gasteiger partial charge in [-0.3, -0.25) is 9.58 Å². The highest BCUT2D eigenvalue weighted by molar-refractivity contribution is 5.74. The van der Waals surface area contributed by atoms with Gasteiger partial charge in [0.15, 0.2) is 0 Å². The van der Waals surface area contributed by atoms with E-state index in [1.165, 1.54) is 0 Å². The van der Waals surface area contributed by atoms with Crippen molar-refractivity contribution >= 4 is 6.03 Å². The quantitative estimate of drug-likeness (QED) is 0.683. The van der Waals surface area contributed by atoms with Crippen LogP contribution in [0.2, 0.25) is 0 Å². The highest BCUT2D eigenvalue weighted by atomic mass is 16.2. The van der Waals surface area contributed by atoms with E-state index in [0.29, 0.717) is 6.54 Å². The number of likely N-dealkylation sites (N-methyl/N-ethyl adjacent to an activating group) is 2. The van der Waals surface area contributed by atoms with Crippen LogP contribution in [-0.4, -0.2) is 90.9 Å². The normalized spacial score (nSPS) is 17.6. The molecule has 164 valence electrons. The van der Waals surface area contributed by atoms with Gasteiger partial charge in [-0.25, -0.2) is 4.79 Å². The summed E-state index contributed by atoms with van der Waals surface area (Å²) < 4.78 is 1.79. The molecule has 2 amide bonds. The second-order valence-electron chi connectivity index (χ2n) is 8.35. The minimum atomic E-state index is -0.145. The number of urea groups is 1. The second kappa shape index (κ2) is 10.6. The zero-order chi connectivity index (χ0) is 21.5. The van der Waals surface area contributed by atoms with Crippen molar-refractivity contribution < 1.29 is 4.79 Å². The first-order chi connectivity index (χ1) is 14.4. The molecule has 2 N–H and O–H groups in total. The standard InChI is InChI=1S/C22H35N7O/c1-26(2)21(19-14-24-28(4)16-19)15-23-22(30)25-20(18-8-6-5-7-9-18)17-29-12-10-27(3)11-13-29/h5-9,14,16,20-21H,10-13,15,17H2,1-4H3,(H2,23,25,30). The van der Waals surface area contributed by atoms with Crippen molar-refractivity contribution in [3.63, 3.8) is 0 Å². The molecule has 0 radical (unpaired) electrons. The Morgan fingerprint density at radius 1 is 1.10 bits per heavy atom. The largest absolute Gasteiger partial charge is 0.336 e. The first-order valence-corrected chi connectivity index (χ1v) is 10.6. The van der Waals surface area contributed by atoms with Gasteiger partial charge in [0.2, 0.25) is 0 Å². The number of hydrogen-bond donors (Lipinski definition) is 2. The minimum Gasteiger partial charge on any atom is -0.336 e. The molecular weight excluding hydrogens is 378 g/mol. The zero-order valence-corrected chi connectivity index (χ0v) is 18.6. The molecular formula is C22H35N7O. The average Bonchev–Trinajstić information content (AvgIpc) is 3.15. The van der Waals surface area contributed by atoms with Crippen molar-refractivity contribution in [2.24, 2.45) is 7.05 Å². The number of carbonyl (C=O) groups is 1. The molecule has 1 saturated heterocycles. The third kappa shape index (κ3) is 6.29. The zero-order valence-electron chi connectivity index (χ0n) is 18.6. The van der Waals surface area contributed by atoms with Crippen LogP contribution in [-0.2, 0) is 7.05 Å². The van der Waals surface area contributed by atoms with E-state index in [9.17, 15) is 4.79 Å². The third-order valence-corrected chi connectivity index (χ3v) is 5.73. The SMILES string of the molecule is CN1CCN(CC(NC(=O)NCC(c2cnn(C)c2)N(C)C)c2ccccc2)CC1. The Balaban J connectivity index is 1.61. The second-order valence-corrected chi connectivity index (χ2v) is 8.35. The van der Waals surface area contributed by atoms with Crippen LogP contribution in [0.1, 0.15) is 23.2 Å². The van der Waals surface area contributed by atoms with Gasteiger partial charge >= 0.3 is 6.03 Å². The number of hydrogen-bond acceptors (Lipinski definition) is 5. The highest BCUT2D eigenvalue weighted by Crippen LogP contribution is 2.17. The van der Waals surface area contributed by atoms with Gasteiger partial charge in [-0.05, 0) is 26.7 Å². The van der Waals surface area contributed by atoms with E-state index in [0.717, 1.165) is 43.9 Å². The Labute approximate surface area is 179 Å². The van der Waals surface area contributed by atoms with Crippen molar-refractivity contribution in [2.45, 2.75) is 12.1 Å². The molecule has 1 aliphatic heterocycles. The van der Waals surface area contributed by atoms with E-state index in [-0.39, 0.29) is 18.1 Å². The predicted molar refractivity (Wildman–Crippen MR) is 119 cm³/mol. The molecule has 0 aliphatic carbocycles. The van der Waals surface area contributed by atoms with E-state index in [4.69, 9.17) is 0 Å². The summed E-state index contributed by atoms with van der Waals surface area (Å²) in [5.41, 5.74) is 2.21. The Morgan fingerprint density at radius 3 is 2.40 bits per heavy atom. The number of nitrogens with one attached hydrogen (secondary N) is 2. The number of benzene rings is 1. The smallest absolute Gasteiger partial charge is 0.315 e. The fourth-order valence-corrected chi connectivity index (χ4v) is 3.82. The van der Waals surface area contributed by atoms with Gasteiger partial charge in [0, 0.05) is 58.1 Å². The Morgan fingerprint density at radius 2 is 1.80 bits per heavy atom. The fourth-order valence-electron chi connectivity index (χ4n) is 3.82. The fraction of sp³-hybridized carbons (Fsp3) is 0.545. The number of nitrogens with zero attached hydrogens (tertiary/aromatic N) is 5. The summed E-state index contributed by atoms with van der Waals surface area (Å²) >= 11 is 0. The molecule has 1 aromatic carbocycles. The Hall–Kier alpha value is -2.42. The van der Waals surface area contributed by atoms with Crippen LogP contribution in [0.15, 0.2) is 42.7 Å². The molecule has 1 aromatic heterocycles. The van der Waals surface area contributed by atoms with E-state index in [1.54, 1.807) is 4.68 Å². The van der Waals surface area contributed by atoms with Crippen LogP contribution >= 0.6 is 0 Å². The van der Waals surface area contributed by atoms with Gasteiger partial charge in [-0.15, -0.1) is 0 Å². The third-order valence-electron chi connectivity index (χ3n) is 5.73. The van der Waals surface area contributed by atoms with Crippen molar-refractivity contribution in [2.75, 3.05) is 60.4 Å². The maximum absolute atomic E-state index is 12.8. The van der Waals surface area contributed by atoms with Crippen molar-refractivity contribution in [1.82, 2.24) is 35.1 Å². The molecule has 1 fully saturated rings. The molecule has 30 heavy (non-hydrogen) atoms. The molecule has 2 heterocycles. The summed E-state index contributed by atoms with van der Waals surface area (Å²) in [7, 11) is 8.08. The van der Waals surface area contributed by atoms with Crippen LogP contribution in [0.3, 0.4) is 0 Å². The molecule has 0 bridgehead atoms. The summed E-state index contributed by atoms with van der Waals surface area (Å²) in [5.74, 6) is 0. The van der Waals surface area contributed by atoms with Gasteiger partial charge in [-0.2, -0.15) is 5.10 Å². The number of aromatic nitrogens is 2. The van der Waals surface area contributed by atoms with Crippen LogP contribution in [0.4, 0.5) is 4.79 Å². The van der Waals surface area contributed by atoms with E-state index in [2.05, 4.69) is 49.6 Å². The average molecular weight is 414 g/mol. The Kier molecular flexibility index (Phi) is 7.84. The molecule has 2 aromatic rings. The molecule has 2 unspecified atom stereocenters. The van der Waals surface area contributed by atoms with Crippen LogP contribution < -0.4 is 10.6 Å². The number of amides is 2. The van der Waals surface area contributed by atoms with E-state index >= 15 is 0 Å². The highest BCUT2D eigenvalue weighted by Gasteiger charge is 2.22. The number of carbonyl (C=O) groups excluding carboxylic acids is 1. The van der Waals surface area contributed by atoms with Gasteiger partial charge in [0.25, 0.3) is 0 Å². The lowest BCUT2D eigenvalue weighted by molar-refractivity contribution is 0.142. The maximum Gasteiger partial charge on any atom is 0.315 e. The van der Waals surface area contributed by atoms with Gasteiger partial charge in [-0.1, -0.05) is 30.3 Å². The molecule has 2 atom stereocenters. The van der Waals surface area contributed by atoms with Crippen LogP contribution in [0.25, 0.3) is 0 Å². The monoisotopic (exact) mass is 413 g/mol. The lowest BCUT2D eigenvalue weighted by Crippen LogP contribution is -2.49. The molecule has 8 nitrogen and oxygen atoms in total. The van der Waals surface area contributed by atoms with Gasteiger partial charge < -0.3 is 20.4 Å². The first-order valence-electron chi connectivity index (χ1n) is 10.6. The predicted octanol–water partition coefficient (Wildman–Crippen LogP) is 1.31. The minimum absolute atomic E-state index is 0.0502. The first kappa shape index (κ1) is 22.3. The molecule has 3 rings (SSSR count). The van der Waals surface area contributed by atoms with Gasteiger partial charge in [0.05, 0.1) is 18.3 Å². The van der Waals surface area contributed by atoms with E-state index < -0.39 is 0 Å². The number of aryl methyl sites for hydroxylation is 1. The molecule has 0 saturated carbocycles. The van der Waals surface area contributed by atoms with Crippen LogP contribution in [0.5, 0.6) is 0 Å². The summed E-state index contributed by atoms with van der Waals surface area (Å²) in [5, 5.41) is 10.5. The summed E-state index contributed by atoms with van der Waals surface area (Å²) in [6.45, 7) is 5.48. The number of piperazine rings is 1. The van der Waals surface area contributed by atoms with E-state index in [1.807, 2.05) is 51.7 Å². The van der Waals surface area contributed by atoms with Crippen molar-refractivity contribution in [1.29, 1.82) is 0 Å². The number of rotatable bonds is 8. The maximum atomic E-state index is 12.8. The molecule has 8 heteroatoms. The summed E-state index contributed by atoms with van der Waals surface area (Å²) in [4.78, 5) is 19.7. The van der Waals surface area contributed by atoms with Gasteiger partial charge in [0.1, 0.15) is 0 Å². The summed E-state index contributed by atoms with van der Waals surface area (Å²) in [6.07, 6.45) is 3.84.